The summed E-state index contributed by atoms with van der Waals surface area (Å²) < 4.78 is 19.8. The van der Waals surface area contributed by atoms with Crippen molar-refractivity contribution in [3.63, 3.8) is 0 Å². The Morgan fingerprint density at radius 1 is 0.679 bits per heavy atom. The third-order valence-corrected chi connectivity index (χ3v) is 3.14. The fourth-order valence-electron chi connectivity index (χ4n) is 1.61. The summed E-state index contributed by atoms with van der Waals surface area (Å²) in [6, 6.07) is 0. The molecule has 0 unspecified atom stereocenters. The first-order valence-corrected chi connectivity index (χ1v) is 7.93. The molecule has 0 bridgehead atoms. The molecule has 0 saturated carbocycles. The van der Waals surface area contributed by atoms with Crippen molar-refractivity contribution in [2.45, 2.75) is 12.8 Å². The van der Waals surface area contributed by atoms with Gasteiger partial charge in [-0.15, -0.1) is 0 Å². The molecule has 0 aliphatic carbocycles. The molecule has 10 nitrogen and oxygen atoms in total. The Balaban J connectivity index is 5.36. The summed E-state index contributed by atoms with van der Waals surface area (Å²) in [5, 5.41) is 8.60. The summed E-state index contributed by atoms with van der Waals surface area (Å²) in [4.78, 5) is 56.5. The first-order valence-electron chi connectivity index (χ1n) is 7.93. The summed E-state index contributed by atoms with van der Waals surface area (Å²) in [7, 11) is 0. The number of rotatable bonds is 14. The number of hydrogen-bond acceptors (Lipinski definition) is 9. The third kappa shape index (κ3) is 10.5. The molecule has 0 rings (SSSR count). The minimum Gasteiger partial charge on any atom is -0.481 e. The van der Waals surface area contributed by atoms with E-state index < -0.39 is 74.5 Å². The molecule has 0 atom stereocenters. The molecule has 1 N–H and O–H groups in total. The Labute approximate surface area is 161 Å². The van der Waals surface area contributed by atoms with Gasteiger partial charge in [-0.05, 0) is 0 Å². The maximum absolute atomic E-state index is 11.7. The van der Waals surface area contributed by atoms with Crippen molar-refractivity contribution < 1.29 is 48.0 Å². The zero-order valence-corrected chi connectivity index (χ0v) is 15.2. The van der Waals surface area contributed by atoms with Gasteiger partial charge in [0.05, 0.1) is 12.8 Å². The van der Waals surface area contributed by atoms with E-state index in [4.69, 9.17) is 24.1 Å². The van der Waals surface area contributed by atoms with Crippen molar-refractivity contribution in [2.75, 3.05) is 26.4 Å². The van der Waals surface area contributed by atoms with Gasteiger partial charge < -0.3 is 24.1 Å². The molecular weight excluding hydrogens is 376 g/mol. The van der Waals surface area contributed by atoms with Crippen LogP contribution in [0.3, 0.4) is 0 Å². The normalized spacial score (nSPS) is 10.1. The Morgan fingerprint density at radius 2 is 1.04 bits per heavy atom. The monoisotopic (exact) mass is 398 g/mol. The zero-order chi connectivity index (χ0) is 21.6. The van der Waals surface area contributed by atoms with Crippen LogP contribution < -0.4 is 0 Å². The second-order valence-electron chi connectivity index (χ2n) is 5.49. The maximum Gasteiger partial charge on any atom is 0.330 e. The molecule has 0 amide bonds. The van der Waals surface area contributed by atoms with E-state index in [2.05, 4.69) is 19.7 Å². The topological polar surface area (TPSA) is 142 Å². The maximum atomic E-state index is 11.7. The minimum atomic E-state index is -1.45. The molecule has 0 spiro atoms. The molecule has 0 radical (unpaired) electrons. The molecule has 0 saturated heterocycles. The molecule has 0 aromatic heterocycles. The zero-order valence-electron chi connectivity index (χ0n) is 15.2. The van der Waals surface area contributed by atoms with E-state index >= 15 is 0 Å². The van der Waals surface area contributed by atoms with Crippen LogP contribution in [0.15, 0.2) is 38.0 Å². The number of ether oxygens (including phenoxy) is 4. The number of carboxylic acid groups (broad SMARTS) is 1. The van der Waals surface area contributed by atoms with Gasteiger partial charge in [0.15, 0.2) is 0 Å². The summed E-state index contributed by atoms with van der Waals surface area (Å²) in [5.74, 6) is -4.49. The molecule has 154 valence electrons. The van der Waals surface area contributed by atoms with Crippen LogP contribution in [-0.4, -0.2) is 61.4 Å². The highest BCUT2D eigenvalue weighted by Gasteiger charge is 2.37. The number of hydrogen-bond donors (Lipinski definition) is 1. The van der Waals surface area contributed by atoms with Gasteiger partial charge in [0.1, 0.15) is 31.8 Å². The number of aliphatic carboxylic acids is 1. The van der Waals surface area contributed by atoms with Crippen LogP contribution in [0.5, 0.6) is 0 Å². The van der Waals surface area contributed by atoms with Gasteiger partial charge in [-0.1, -0.05) is 19.7 Å². The van der Waals surface area contributed by atoms with Crippen molar-refractivity contribution in [2.24, 2.45) is 5.41 Å². The standard InChI is InChI=1S/C18H22O10/c1-4-14(21)25-9-18(10-26-15(22)5-2,11-27-16(23)6-3)12-28-17(24)8-7-13(19)20/h4-6H,1-3,7-12H2,(H,19,20). The van der Waals surface area contributed by atoms with Crippen molar-refractivity contribution in [1.82, 2.24) is 0 Å². The van der Waals surface area contributed by atoms with Gasteiger partial charge in [-0.2, -0.15) is 0 Å². The summed E-state index contributed by atoms with van der Waals surface area (Å²) >= 11 is 0. The van der Waals surface area contributed by atoms with E-state index in [-0.39, 0.29) is 0 Å². The summed E-state index contributed by atoms with van der Waals surface area (Å²) in [6.45, 7) is 7.84. The molecule has 0 aliphatic heterocycles. The number of carboxylic acids is 1. The second-order valence-corrected chi connectivity index (χ2v) is 5.49. The van der Waals surface area contributed by atoms with E-state index in [0.29, 0.717) is 0 Å². The van der Waals surface area contributed by atoms with E-state index in [0.717, 1.165) is 18.2 Å². The van der Waals surface area contributed by atoms with Gasteiger partial charge in [-0.3, -0.25) is 9.59 Å². The van der Waals surface area contributed by atoms with Crippen LogP contribution in [0, 0.1) is 5.41 Å². The highest BCUT2D eigenvalue weighted by atomic mass is 16.6. The Morgan fingerprint density at radius 3 is 1.36 bits per heavy atom. The molecular formula is C18H22O10. The molecule has 0 aromatic carbocycles. The van der Waals surface area contributed by atoms with Gasteiger partial charge >= 0.3 is 29.8 Å². The number of carbonyl (C=O) groups is 5. The van der Waals surface area contributed by atoms with Crippen molar-refractivity contribution >= 4 is 29.8 Å². The lowest BCUT2D eigenvalue weighted by Crippen LogP contribution is -2.43. The van der Waals surface area contributed by atoms with Gasteiger partial charge in [0.25, 0.3) is 0 Å². The first kappa shape index (κ1) is 24.6. The summed E-state index contributed by atoms with van der Waals surface area (Å²) in [5.41, 5.74) is -1.45. The Bertz CT molecular complexity index is 574. The SMILES string of the molecule is C=CC(=O)OCC(COC(=O)C=C)(COC(=O)C=C)COC(=O)CCC(=O)O. The van der Waals surface area contributed by atoms with Crippen molar-refractivity contribution in [1.29, 1.82) is 0 Å². The van der Waals surface area contributed by atoms with Crippen LogP contribution in [0.2, 0.25) is 0 Å². The van der Waals surface area contributed by atoms with E-state index in [9.17, 15) is 24.0 Å². The number of esters is 4. The molecule has 28 heavy (non-hydrogen) atoms. The quantitative estimate of drug-likeness (QED) is 0.250. The highest BCUT2D eigenvalue weighted by Crippen LogP contribution is 2.22. The van der Waals surface area contributed by atoms with Gasteiger partial charge in [-0.25, -0.2) is 14.4 Å². The molecule has 0 aliphatic rings. The van der Waals surface area contributed by atoms with Crippen LogP contribution in [0.25, 0.3) is 0 Å². The molecule has 0 aromatic rings. The molecule has 0 heterocycles. The van der Waals surface area contributed by atoms with E-state index in [1.807, 2.05) is 0 Å². The molecule has 10 heteroatoms. The Hall–Kier alpha value is -3.43. The lowest BCUT2D eigenvalue weighted by Gasteiger charge is -2.31. The molecule has 0 fully saturated rings. The smallest absolute Gasteiger partial charge is 0.330 e. The van der Waals surface area contributed by atoms with E-state index in [1.54, 1.807) is 0 Å². The van der Waals surface area contributed by atoms with Crippen LogP contribution >= 0.6 is 0 Å². The minimum absolute atomic E-state index is 0.406. The predicted octanol–water partition coefficient (Wildman–Crippen LogP) is 0.568. The lowest BCUT2D eigenvalue weighted by atomic mass is 9.92. The second kappa shape index (κ2) is 12.8. The fraction of sp³-hybridized carbons (Fsp3) is 0.389. The van der Waals surface area contributed by atoms with Gasteiger partial charge in [0.2, 0.25) is 0 Å². The van der Waals surface area contributed by atoms with Crippen molar-refractivity contribution in [3.8, 4) is 0 Å². The lowest BCUT2D eigenvalue weighted by molar-refractivity contribution is -0.167. The average Bonchev–Trinajstić information content (AvgIpc) is 2.69. The highest BCUT2D eigenvalue weighted by molar-refractivity contribution is 5.82. The number of carbonyl (C=O) groups excluding carboxylic acids is 4. The van der Waals surface area contributed by atoms with Crippen LogP contribution in [0.4, 0.5) is 0 Å². The van der Waals surface area contributed by atoms with E-state index in [1.165, 1.54) is 0 Å². The summed E-state index contributed by atoms with van der Waals surface area (Å²) in [6.07, 6.45) is 1.80. The van der Waals surface area contributed by atoms with Crippen molar-refractivity contribution in [3.05, 3.63) is 38.0 Å². The Kier molecular flexibility index (Phi) is 11.3. The first-order chi connectivity index (χ1) is 13.2. The fourth-order valence-corrected chi connectivity index (χ4v) is 1.61. The third-order valence-electron chi connectivity index (χ3n) is 3.14. The predicted molar refractivity (Wildman–Crippen MR) is 93.7 cm³/mol. The largest absolute Gasteiger partial charge is 0.481 e. The van der Waals surface area contributed by atoms with Crippen LogP contribution in [-0.2, 0) is 42.9 Å². The van der Waals surface area contributed by atoms with Gasteiger partial charge in [0, 0.05) is 18.2 Å². The average molecular weight is 398 g/mol. The van der Waals surface area contributed by atoms with Crippen LogP contribution in [0.1, 0.15) is 12.8 Å².